The minimum absolute atomic E-state index is 0.203. The molecule has 3 heterocycles. The van der Waals surface area contributed by atoms with Crippen LogP contribution in [0.3, 0.4) is 0 Å². The molecule has 0 amide bonds. The number of nitrogens with zero attached hydrogens (tertiary/aromatic N) is 5. The molecular weight excluding hydrogens is 335 g/mol. The summed E-state index contributed by atoms with van der Waals surface area (Å²) in [6.07, 6.45) is 11.9. The molecule has 1 saturated carbocycles. The van der Waals surface area contributed by atoms with E-state index in [1.165, 1.54) is 12.3 Å². The maximum absolute atomic E-state index is 13.9. The van der Waals surface area contributed by atoms with Gasteiger partial charge in [0.15, 0.2) is 11.3 Å². The number of nitrogens with one attached hydrogen (secondary N) is 1. The minimum Gasteiger partial charge on any atom is -0.347 e. The molecular formula is C18H17FN6O. The summed E-state index contributed by atoms with van der Waals surface area (Å²) >= 11 is 0. The van der Waals surface area contributed by atoms with Crippen LogP contribution in [-0.4, -0.2) is 35.9 Å². The molecule has 8 heteroatoms. The summed E-state index contributed by atoms with van der Waals surface area (Å²) in [6.45, 7) is 0. The number of pyridine rings is 1. The zero-order valence-electron chi connectivity index (χ0n) is 14.0. The molecule has 132 valence electrons. The van der Waals surface area contributed by atoms with Crippen LogP contribution in [0.1, 0.15) is 31.5 Å². The molecule has 0 aliphatic heterocycles. The van der Waals surface area contributed by atoms with Crippen molar-refractivity contribution in [2.75, 3.05) is 0 Å². The van der Waals surface area contributed by atoms with Crippen LogP contribution in [-0.2, 0) is 0 Å². The number of halogens is 1. The van der Waals surface area contributed by atoms with Crippen LogP contribution in [0.5, 0.6) is 0 Å². The third kappa shape index (κ3) is 3.30. The van der Waals surface area contributed by atoms with E-state index in [0.29, 0.717) is 34.9 Å². The number of hydrogen-bond acceptors (Lipinski definition) is 5. The van der Waals surface area contributed by atoms with E-state index in [-0.39, 0.29) is 5.43 Å². The highest BCUT2D eigenvalue weighted by molar-refractivity contribution is 5.57. The molecule has 0 bridgehead atoms. The van der Waals surface area contributed by atoms with Crippen molar-refractivity contribution in [1.29, 1.82) is 0 Å². The van der Waals surface area contributed by atoms with Gasteiger partial charge in [-0.2, -0.15) is 0 Å². The molecule has 4 rings (SSSR count). The van der Waals surface area contributed by atoms with Crippen molar-refractivity contribution in [2.45, 2.75) is 31.9 Å². The van der Waals surface area contributed by atoms with Gasteiger partial charge < -0.3 is 4.98 Å². The molecule has 1 aliphatic rings. The molecule has 7 nitrogen and oxygen atoms in total. The van der Waals surface area contributed by atoms with Crippen LogP contribution in [0.4, 0.5) is 4.39 Å². The van der Waals surface area contributed by atoms with Gasteiger partial charge in [-0.25, -0.2) is 14.4 Å². The highest BCUT2D eigenvalue weighted by Crippen LogP contribution is 2.27. The molecule has 1 N–H and O–H groups in total. The zero-order valence-corrected chi connectivity index (χ0v) is 14.0. The van der Waals surface area contributed by atoms with E-state index in [9.17, 15) is 9.18 Å². The second kappa shape index (κ2) is 6.99. The Morgan fingerprint density at radius 3 is 2.92 bits per heavy atom. The zero-order chi connectivity index (χ0) is 17.9. The first-order valence-electron chi connectivity index (χ1n) is 8.46. The number of alkyl halides is 1. The predicted octanol–water partition coefficient (Wildman–Crippen LogP) is 2.71. The predicted molar refractivity (Wildman–Crippen MR) is 94.3 cm³/mol. The summed E-state index contributed by atoms with van der Waals surface area (Å²) in [7, 11) is 0. The Labute approximate surface area is 148 Å². The highest BCUT2D eigenvalue weighted by Gasteiger charge is 2.18. The van der Waals surface area contributed by atoms with Crippen molar-refractivity contribution in [2.24, 2.45) is 0 Å². The fourth-order valence-electron chi connectivity index (χ4n) is 3.01. The van der Waals surface area contributed by atoms with E-state index in [1.807, 2.05) is 0 Å². The Morgan fingerprint density at radius 1 is 1.31 bits per heavy atom. The Hall–Kier alpha value is -3.16. The molecule has 1 fully saturated rings. The van der Waals surface area contributed by atoms with Crippen LogP contribution in [0.2, 0.25) is 0 Å². The quantitative estimate of drug-likeness (QED) is 0.783. The first kappa shape index (κ1) is 16.3. The van der Waals surface area contributed by atoms with Crippen LogP contribution in [0, 0.1) is 0 Å². The molecule has 0 unspecified atom stereocenters. The average Bonchev–Trinajstić information content (AvgIpc) is 3.19. The van der Waals surface area contributed by atoms with Crippen LogP contribution in [0.15, 0.2) is 47.5 Å². The number of rotatable bonds is 3. The van der Waals surface area contributed by atoms with Crippen molar-refractivity contribution in [1.82, 2.24) is 29.7 Å². The van der Waals surface area contributed by atoms with Gasteiger partial charge in [0, 0.05) is 24.7 Å². The number of aromatic nitrogens is 6. The lowest BCUT2D eigenvalue weighted by atomic mass is 9.93. The molecule has 1 atom stereocenters. The minimum atomic E-state index is -0.925. The topological polar surface area (TPSA) is 89.4 Å². The third-order valence-corrected chi connectivity index (χ3v) is 4.43. The van der Waals surface area contributed by atoms with Gasteiger partial charge in [-0.15, -0.1) is 10.2 Å². The van der Waals surface area contributed by atoms with Gasteiger partial charge >= 0.3 is 0 Å². The molecule has 3 aromatic rings. The summed E-state index contributed by atoms with van der Waals surface area (Å²) < 4.78 is 15.6. The summed E-state index contributed by atoms with van der Waals surface area (Å²) in [6, 6.07) is 1.46. The molecule has 0 radical (unpaired) electrons. The third-order valence-electron chi connectivity index (χ3n) is 4.43. The van der Waals surface area contributed by atoms with Gasteiger partial charge in [0.1, 0.15) is 24.0 Å². The van der Waals surface area contributed by atoms with E-state index < -0.39 is 6.17 Å². The molecule has 26 heavy (non-hydrogen) atoms. The Morgan fingerprint density at radius 2 is 2.23 bits per heavy atom. The molecule has 0 aromatic carbocycles. The van der Waals surface area contributed by atoms with Crippen molar-refractivity contribution in [3.05, 3.63) is 58.8 Å². The first-order chi connectivity index (χ1) is 12.7. The lowest BCUT2D eigenvalue weighted by Gasteiger charge is -2.17. The first-order valence-corrected chi connectivity index (χ1v) is 8.46. The smallest absolute Gasteiger partial charge is 0.193 e. The van der Waals surface area contributed by atoms with Gasteiger partial charge in [0.2, 0.25) is 0 Å². The van der Waals surface area contributed by atoms with Gasteiger partial charge in [0.25, 0.3) is 0 Å². The maximum Gasteiger partial charge on any atom is 0.193 e. The highest BCUT2D eigenvalue weighted by atomic mass is 19.1. The fraction of sp³-hybridized carbons (Fsp3) is 0.278. The molecule has 0 spiro atoms. The van der Waals surface area contributed by atoms with Gasteiger partial charge in [-0.05, 0) is 37.3 Å². The second-order valence-electron chi connectivity index (χ2n) is 6.20. The summed E-state index contributed by atoms with van der Waals surface area (Å²) in [5.41, 5.74) is 1.25. The largest absolute Gasteiger partial charge is 0.347 e. The summed E-state index contributed by atoms with van der Waals surface area (Å²) in [5.74, 6) is 0.963. The lowest BCUT2D eigenvalue weighted by Crippen LogP contribution is -2.11. The van der Waals surface area contributed by atoms with Crippen LogP contribution < -0.4 is 5.43 Å². The van der Waals surface area contributed by atoms with Crippen molar-refractivity contribution in [3.63, 3.8) is 0 Å². The Kier molecular flexibility index (Phi) is 4.39. The van der Waals surface area contributed by atoms with Gasteiger partial charge in [-0.3, -0.25) is 9.36 Å². The van der Waals surface area contributed by atoms with Gasteiger partial charge in [-0.1, -0.05) is 0 Å². The number of imidazole rings is 1. The molecule has 3 aromatic heterocycles. The number of aromatic amines is 1. The van der Waals surface area contributed by atoms with E-state index in [2.05, 4.69) is 25.1 Å². The van der Waals surface area contributed by atoms with Crippen molar-refractivity contribution < 1.29 is 4.39 Å². The summed E-state index contributed by atoms with van der Waals surface area (Å²) in [4.78, 5) is 23.6. The van der Waals surface area contributed by atoms with E-state index in [1.54, 1.807) is 35.6 Å². The van der Waals surface area contributed by atoms with Crippen LogP contribution in [0.25, 0.3) is 23.2 Å². The lowest BCUT2D eigenvalue weighted by molar-refractivity contribution is 0.319. The van der Waals surface area contributed by atoms with E-state index >= 15 is 0 Å². The van der Waals surface area contributed by atoms with E-state index in [0.717, 1.165) is 19.3 Å². The number of H-pyrrole nitrogens is 1. The standard InChI is InChI=1S/C18H17FN6O/c19-14-4-2-1-3-12(14)7-17-21-10-15(23-24-17)13-9-22-18(8-16(13)26)25-6-5-20-11-25/h5-11,14H,1-4H2,(H,22,26)/b12-7+/t14-/m1/s1. The average molecular weight is 352 g/mol. The molecule has 0 saturated heterocycles. The summed E-state index contributed by atoms with van der Waals surface area (Å²) in [5, 5.41) is 8.10. The molecule has 1 aliphatic carbocycles. The Bertz CT molecular complexity index is 978. The maximum atomic E-state index is 13.9. The monoisotopic (exact) mass is 352 g/mol. The normalized spacial score (nSPS) is 19.0. The van der Waals surface area contributed by atoms with Crippen LogP contribution >= 0.6 is 0 Å². The number of allylic oxidation sites excluding steroid dienone is 1. The SMILES string of the molecule is O=c1cc(-n2ccnc2)[nH]cc1-c1cnc(/C=C2\CCCC[C@H]2F)nn1. The van der Waals surface area contributed by atoms with Crippen molar-refractivity contribution in [3.8, 4) is 17.1 Å². The van der Waals surface area contributed by atoms with E-state index in [4.69, 9.17) is 0 Å². The van der Waals surface area contributed by atoms with Crippen molar-refractivity contribution >= 4 is 6.08 Å². The Balaban J connectivity index is 1.59. The number of hydrogen-bond donors (Lipinski definition) is 1. The fourth-order valence-corrected chi connectivity index (χ4v) is 3.01. The van der Waals surface area contributed by atoms with Gasteiger partial charge in [0.05, 0.1) is 11.8 Å². The second-order valence-corrected chi connectivity index (χ2v) is 6.20.